The molecule has 1 aromatic heterocycles. The van der Waals surface area contributed by atoms with E-state index in [9.17, 15) is 14.4 Å². The van der Waals surface area contributed by atoms with E-state index in [1.165, 1.54) is 12.1 Å². The molecule has 1 aromatic carbocycles. The number of aryl methyl sites for hydroxylation is 1. The van der Waals surface area contributed by atoms with Crippen molar-refractivity contribution in [2.75, 3.05) is 11.9 Å². The van der Waals surface area contributed by atoms with Crippen LogP contribution in [-0.2, 0) is 11.2 Å². The normalized spacial score (nSPS) is 11.6. The van der Waals surface area contributed by atoms with Gasteiger partial charge in [-0.3, -0.25) is 4.79 Å². The maximum absolute atomic E-state index is 13.0. The summed E-state index contributed by atoms with van der Waals surface area (Å²) in [5.74, 6) is -1.02. The fourth-order valence-electron chi connectivity index (χ4n) is 2.27. The summed E-state index contributed by atoms with van der Waals surface area (Å²) in [4.78, 5) is 11.7. The van der Waals surface area contributed by atoms with Gasteiger partial charge in [0.15, 0.2) is 5.82 Å². The van der Waals surface area contributed by atoms with E-state index < -0.39 is 11.8 Å². The Labute approximate surface area is 139 Å². The first-order chi connectivity index (χ1) is 11.4. The number of carbonyl (C=O) groups excluding carboxylic acids is 1. The molecule has 0 unspecified atom stereocenters. The Bertz CT molecular complexity index is 783. The maximum atomic E-state index is 13.0. The quantitative estimate of drug-likeness (QED) is 0.842. The predicted octanol–water partition coefficient (Wildman–Crippen LogP) is 1.86. The van der Waals surface area contributed by atoms with Gasteiger partial charge in [0.25, 0.3) is 0 Å². The summed E-state index contributed by atoms with van der Waals surface area (Å²) in [6.07, 6.45) is 0.364. The van der Waals surface area contributed by atoms with Crippen LogP contribution in [-0.4, -0.2) is 22.6 Å². The Morgan fingerprint density at radius 2 is 2.00 bits per heavy atom. The summed E-state index contributed by atoms with van der Waals surface area (Å²) in [7, 11) is 0. The van der Waals surface area contributed by atoms with Crippen LogP contribution in [0.2, 0.25) is 0 Å². The highest BCUT2D eigenvalue weighted by Gasteiger charge is 2.18. The van der Waals surface area contributed by atoms with Crippen LogP contribution in [0.5, 0.6) is 0 Å². The molecule has 0 saturated heterocycles. The lowest BCUT2D eigenvalue weighted by Gasteiger charge is -2.16. The van der Waals surface area contributed by atoms with Crippen molar-refractivity contribution in [2.45, 2.75) is 20.3 Å². The predicted molar refractivity (Wildman–Crippen MR) is 87.5 cm³/mol. The molecule has 0 aliphatic heterocycles. The van der Waals surface area contributed by atoms with Crippen molar-refractivity contribution >= 4 is 11.7 Å². The van der Waals surface area contributed by atoms with E-state index in [1.54, 1.807) is 26.0 Å². The first-order valence-electron chi connectivity index (χ1n) is 7.44. The van der Waals surface area contributed by atoms with Crippen molar-refractivity contribution in [3.05, 3.63) is 52.5 Å². The molecule has 6 nitrogen and oxygen atoms in total. The molecular formula is C17H18FN5O. The average molecular weight is 327 g/mol. The molecule has 0 aliphatic carbocycles. The Morgan fingerprint density at radius 1 is 1.33 bits per heavy atom. The van der Waals surface area contributed by atoms with Crippen LogP contribution in [0.4, 0.5) is 10.2 Å². The lowest BCUT2D eigenvalue weighted by molar-refractivity contribution is -0.121. The van der Waals surface area contributed by atoms with Crippen LogP contribution in [0.25, 0.3) is 0 Å². The van der Waals surface area contributed by atoms with Gasteiger partial charge in [-0.15, -0.1) is 5.10 Å². The van der Waals surface area contributed by atoms with E-state index in [0.717, 1.165) is 11.1 Å². The molecule has 0 saturated carbocycles. The summed E-state index contributed by atoms with van der Waals surface area (Å²) in [6, 6.07) is 7.99. The molecule has 0 aliphatic rings. The SMILES string of the molecule is Cc1nnc(NC[C@H](Cc2ccc(F)cc2)C(N)=O)c(C#N)c1C. The fourth-order valence-corrected chi connectivity index (χ4v) is 2.27. The standard InChI is InChI=1S/C17H18FN5O/c1-10-11(2)22-23-17(15(10)8-19)21-9-13(16(20)24)7-12-3-5-14(18)6-4-12/h3-6,13H,7,9H2,1-2H3,(H2,20,24)(H,21,23)/t13-/m0/s1. The number of aromatic nitrogens is 2. The van der Waals surface area contributed by atoms with Gasteiger partial charge in [-0.25, -0.2) is 4.39 Å². The molecule has 1 amide bonds. The van der Waals surface area contributed by atoms with Crippen molar-refractivity contribution in [1.29, 1.82) is 5.26 Å². The van der Waals surface area contributed by atoms with Gasteiger partial charge in [-0.2, -0.15) is 10.4 Å². The second kappa shape index (κ2) is 7.51. The van der Waals surface area contributed by atoms with Crippen LogP contribution in [0, 0.1) is 36.9 Å². The number of anilines is 1. The lowest BCUT2D eigenvalue weighted by atomic mass is 9.98. The highest BCUT2D eigenvalue weighted by molar-refractivity contribution is 5.77. The van der Waals surface area contributed by atoms with Crippen molar-refractivity contribution < 1.29 is 9.18 Å². The number of hydrogen-bond acceptors (Lipinski definition) is 5. The topological polar surface area (TPSA) is 105 Å². The van der Waals surface area contributed by atoms with E-state index >= 15 is 0 Å². The molecule has 2 rings (SSSR count). The molecule has 1 atom stereocenters. The zero-order valence-electron chi connectivity index (χ0n) is 13.5. The van der Waals surface area contributed by atoms with E-state index in [4.69, 9.17) is 5.73 Å². The third-order valence-electron chi connectivity index (χ3n) is 3.88. The van der Waals surface area contributed by atoms with Gasteiger partial charge < -0.3 is 11.1 Å². The highest BCUT2D eigenvalue weighted by atomic mass is 19.1. The fraction of sp³-hybridized carbons (Fsp3) is 0.294. The Hall–Kier alpha value is -3.01. The molecule has 2 aromatic rings. The summed E-state index contributed by atoms with van der Waals surface area (Å²) in [5, 5.41) is 20.2. The van der Waals surface area contributed by atoms with E-state index in [1.807, 2.05) is 0 Å². The summed E-state index contributed by atoms with van der Waals surface area (Å²) in [5.41, 5.74) is 8.06. The number of carbonyl (C=O) groups is 1. The highest BCUT2D eigenvalue weighted by Crippen LogP contribution is 2.18. The molecule has 0 bridgehead atoms. The van der Waals surface area contributed by atoms with Gasteiger partial charge in [0.1, 0.15) is 17.4 Å². The van der Waals surface area contributed by atoms with Gasteiger partial charge >= 0.3 is 0 Å². The maximum Gasteiger partial charge on any atom is 0.222 e. The van der Waals surface area contributed by atoms with E-state index in [0.29, 0.717) is 23.5 Å². The minimum atomic E-state index is -0.523. The number of halogens is 1. The zero-order valence-corrected chi connectivity index (χ0v) is 13.5. The van der Waals surface area contributed by atoms with Gasteiger partial charge in [-0.05, 0) is 43.5 Å². The number of nitriles is 1. The van der Waals surface area contributed by atoms with Gasteiger partial charge in [0.05, 0.1) is 11.6 Å². The number of rotatable bonds is 6. The summed E-state index contributed by atoms with van der Waals surface area (Å²) in [6.45, 7) is 3.77. The molecule has 0 spiro atoms. The minimum Gasteiger partial charge on any atom is -0.369 e. The number of nitrogens with two attached hydrogens (primary N) is 1. The zero-order chi connectivity index (χ0) is 17.7. The number of benzene rings is 1. The number of primary amides is 1. The molecule has 0 fully saturated rings. The molecule has 3 N–H and O–H groups in total. The van der Waals surface area contributed by atoms with Crippen molar-refractivity contribution in [1.82, 2.24) is 10.2 Å². The lowest BCUT2D eigenvalue weighted by Crippen LogP contribution is -2.31. The van der Waals surface area contributed by atoms with Crippen molar-refractivity contribution in [3.63, 3.8) is 0 Å². The molecule has 7 heteroatoms. The van der Waals surface area contributed by atoms with Crippen LogP contribution < -0.4 is 11.1 Å². The second-order valence-corrected chi connectivity index (χ2v) is 5.56. The van der Waals surface area contributed by atoms with Gasteiger partial charge in [0, 0.05) is 6.54 Å². The van der Waals surface area contributed by atoms with Crippen LogP contribution in [0.1, 0.15) is 22.4 Å². The Morgan fingerprint density at radius 3 is 2.58 bits per heavy atom. The summed E-state index contributed by atoms with van der Waals surface area (Å²) < 4.78 is 13.0. The molecule has 1 heterocycles. The largest absolute Gasteiger partial charge is 0.369 e. The van der Waals surface area contributed by atoms with Gasteiger partial charge in [0.2, 0.25) is 5.91 Å². The average Bonchev–Trinajstić information content (AvgIpc) is 2.56. The minimum absolute atomic E-state index is 0.207. The number of hydrogen-bond donors (Lipinski definition) is 2. The Kier molecular flexibility index (Phi) is 5.42. The van der Waals surface area contributed by atoms with Crippen molar-refractivity contribution in [3.8, 4) is 6.07 Å². The molecule has 0 radical (unpaired) electrons. The van der Waals surface area contributed by atoms with E-state index in [-0.39, 0.29) is 12.4 Å². The first-order valence-corrected chi connectivity index (χ1v) is 7.44. The molecular weight excluding hydrogens is 309 g/mol. The Balaban J connectivity index is 2.12. The first kappa shape index (κ1) is 17.3. The number of nitrogens with zero attached hydrogens (tertiary/aromatic N) is 3. The number of amides is 1. The monoisotopic (exact) mass is 327 g/mol. The molecule has 24 heavy (non-hydrogen) atoms. The van der Waals surface area contributed by atoms with Gasteiger partial charge in [-0.1, -0.05) is 12.1 Å². The van der Waals surface area contributed by atoms with E-state index in [2.05, 4.69) is 21.6 Å². The third-order valence-corrected chi connectivity index (χ3v) is 3.88. The smallest absolute Gasteiger partial charge is 0.222 e. The summed E-state index contributed by atoms with van der Waals surface area (Å²) >= 11 is 0. The third kappa shape index (κ3) is 4.04. The van der Waals surface area contributed by atoms with Crippen LogP contribution in [0.15, 0.2) is 24.3 Å². The van der Waals surface area contributed by atoms with Crippen molar-refractivity contribution in [2.24, 2.45) is 11.7 Å². The number of nitrogens with one attached hydrogen (secondary N) is 1. The van der Waals surface area contributed by atoms with Crippen LogP contribution >= 0.6 is 0 Å². The molecule has 124 valence electrons. The second-order valence-electron chi connectivity index (χ2n) is 5.56. The van der Waals surface area contributed by atoms with Crippen LogP contribution in [0.3, 0.4) is 0 Å².